The normalized spacial score (nSPS) is 19.6. The summed E-state index contributed by atoms with van der Waals surface area (Å²) in [6.07, 6.45) is 5.86. The van der Waals surface area contributed by atoms with Crippen molar-refractivity contribution < 1.29 is 9.90 Å². The third kappa shape index (κ3) is 2.54. The molecular formula is C14H17BrO2. The third-order valence-corrected chi connectivity index (χ3v) is 4.24. The average Bonchev–Trinajstić information content (AvgIpc) is 2.55. The Labute approximate surface area is 110 Å². The molecule has 3 heteroatoms. The van der Waals surface area contributed by atoms with Gasteiger partial charge < -0.3 is 5.11 Å². The number of carboxylic acid groups (broad SMARTS) is 1. The van der Waals surface area contributed by atoms with Gasteiger partial charge in [0, 0.05) is 4.47 Å². The fraction of sp³-hybridized carbons (Fsp3) is 0.500. The maximum atomic E-state index is 11.7. The van der Waals surface area contributed by atoms with Crippen molar-refractivity contribution in [2.24, 2.45) is 0 Å². The van der Waals surface area contributed by atoms with Gasteiger partial charge in [-0.25, -0.2) is 0 Å². The highest BCUT2D eigenvalue weighted by atomic mass is 79.9. The van der Waals surface area contributed by atoms with E-state index >= 15 is 0 Å². The molecule has 1 fully saturated rings. The monoisotopic (exact) mass is 296 g/mol. The van der Waals surface area contributed by atoms with E-state index in [1.165, 1.54) is 0 Å². The first-order valence-corrected chi connectivity index (χ1v) is 6.94. The van der Waals surface area contributed by atoms with Gasteiger partial charge >= 0.3 is 5.97 Å². The van der Waals surface area contributed by atoms with Gasteiger partial charge in [0.2, 0.25) is 0 Å². The number of hydrogen-bond donors (Lipinski definition) is 1. The number of hydrogen-bond acceptors (Lipinski definition) is 1. The highest BCUT2D eigenvalue weighted by Gasteiger charge is 2.40. The van der Waals surface area contributed by atoms with Crippen molar-refractivity contribution in [1.29, 1.82) is 0 Å². The van der Waals surface area contributed by atoms with Crippen molar-refractivity contribution in [2.75, 3.05) is 0 Å². The minimum Gasteiger partial charge on any atom is -0.481 e. The topological polar surface area (TPSA) is 37.3 Å². The highest BCUT2D eigenvalue weighted by molar-refractivity contribution is 9.10. The largest absolute Gasteiger partial charge is 0.481 e. The molecule has 0 bridgehead atoms. The Hall–Kier alpha value is -0.830. The molecule has 0 saturated heterocycles. The van der Waals surface area contributed by atoms with Gasteiger partial charge in [-0.15, -0.1) is 0 Å². The van der Waals surface area contributed by atoms with Crippen LogP contribution < -0.4 is 0 Å². The molecule has 0 heterocycles. The number of halogens is 1. The summed E-state index contributed by atoms with van der Waals surface area (Å²) in [6, 6.07) is 7.77. The Morgan fingerprint density at radius 3 is 2.35 bits per heavy atom. The Kier molecular flexibility index (Phi) is 3.87. The second kappa shape index (κ2) is 5.21. The summed E-state index contributed by atoms with van der Waals surface area (Å²) in [7, 11) is 0. The number of rotatable bonds is 2. The molecule has 1 aromatic carbocycles. The van der Waals surface area contributed by atoms with Crippen LogP contribution in [0, 0.1) is 0 Å². The van der Waals surface area contributed by atoms with Crippen LogP contribution in [0.25, 0.3) is 0 Å². The highest BCUT2D eigenvalue weighted by Crippen LogP contribution is 2.39. The summed E-state index contributed by atoms with van der Waals surface area (Å²) in [6.45, 7) is 0. The summed E-state index contributed by atoms with van der Waals surface area (Å²) in [5.74, 6) is -0.669. The van der Waals surface area contributed by atoms with Crippen LogP contribution in [0.1, 0.15) is 44.1 Å². The predicted molar refractivity (Wildman–Crippen MR) is 71.2 cm³/mol. The van der Waals surface area contributed by atoms with Crippen LogP contribution in [0.5, 0.6) is 0 Å². The van der Waals surface area contributed by atoms with Gasteiger partial charge in [0.15, 0.2) is 0 Å². The molecule has 0 aliphatic heterocycles. The van der Waals surface area contributed by atoms with Crippen LogP contribution in [-0.2, 0) is 10.2 Å². The number of carbonyl (C=O) groups is 1. The van der Waals surface area contributed by atoms with Crippen LogP contribution >= 0.6 is 15.9 Å². The Balaban J connectivity index is 2.42. The molecule has 2 rings (SSSR count). The molecule has 17 heavy (non-hydrogen) atoms. The summed E-state index contributed by atoms with van der Waals surface area (Å²) < 4.78 is 0.958. The fourth-order valence-corrected chi connectivity index (χ4v) is 3.14. The van der Waals surface area contributed by atoms with Crippen LogP contribution in [0.4, 0.5) is 0 Å². The second-order valence-electron chi connectivity index (χ2n) is 4.81. The molecule has 1 aliphatic rings. The maximum absolute atomic E-state index is 11.7. The van der Waals surface area contributed by atoms with Crippen LogP contribution in [0.3, 0.4) is 0 Å². The van der Waals surface area contributed by atoms with Crippen LogP contribution in [-0.4, -0.2) is 11.1 Å². The molecule has 0 atom stereocenters. The molecule has 2 nitrogen and oxygen atoms in total. The van der Waals surface area contributed by atoms with Crippen molar-refractivity contribution >= 4 is 21.9 Å². The van der Waals surface area contributed by atoms with E-state index < -0.39 is 11.4 Å². The Morgan fingerprint density at radius 1 is 1.18 bits per heavy atom. The van der Waals surface area contributed by atoms with Crippen molar-refractivity contribution in [2.45, 2.75) is 43.9 Å². The third-order valence-electron chi connectivity index (χ3n) is 3.74. The number of aliphatic carboxylic acids is 1. The van der Waals surface area contributed by atoms with Crippen molar-refractivity contribution in [3.63, 3.8) is 0 Å². The molecule has 92 valence electrons. The van der Waals surface area contributed by atoms with Crippen molar-refractivity contribution in [3.8, 4) is 0 Å². The molecule has 0 radical (unpaired) electrons. The summed E-state index contributed by atoms with van der Waals surface area (Å²) in [4.78, 5) is 11.7. The lowest BCUT2D eigenvalue weighted by molar-refractivity contribution is -0.144. The lowest BCUT2D eigenvalue weighted by Gasteiger charge is -2.28. The van der Waals surface area contributed by atoms with E-state index in [9.17, 15) is 9.90 Å². The molecule has 1 aliphatic carbocycles. The minimum atomic E-state index is -0.669. The summed E-state index contributed by atoms with van der Waals surface area (Å²) in [5, 5.41) is 9.64. The van der Waals surface area contributed by atoms with E-state index in [1.54, 1.807) is 0 Å². The average molecular weight is 297 g/mol. The predicted octanol–water partition coefficient (Wildman–Crippen LogP) is 4.13. The first-order chi connectivity index (χ1) is 8.15. The lowest BCUT2D eigenvalue weighted by atomic mass is 9.74. The SMILES string of the molecule is O=C(O)C1(c2cccc(Br)c2)CCCCCC1. The van der Waals surface area contributed by atoms with Crippen LogP contribution in [0.15, 0.2) is 28.7 Å². The van der Waals surface area contributed by atoms with Gasteiger partial charge in [0.25, 0.3) is 0 Å². The zero-order chi connectivity index (χ0) is 12.3. The second-order valence-corrected chi connectivity index (χ2v) is 5.73. The fourth-order valence-electron chi connectivity index (χ4n) is 2.74. The zero-order valence-corrected chi connectivity index (χ0v) is 11.4. The van der Waals surface area contributed by atoms with E-state index in [4.69, 9.17) is 0 Å². The van der Waals surface area contributed by atoms with Crippen molar-refractivity contribution in [3.05, 3.63) is 34.3 Å². The van der Waals surface area contributed by atoms with Crippen molar-refractivity contribution in [1.82, 2.24) is 0 Å². The standard InChI is InChI=1S/C14H17BrO2/c15-12-7-5-6-11(10-12)14(13(16)17)8-3-1-2-4-9-14/h5-7,10H,1-4,8-9H2,(H,16,17). The summed E-state index contributed by atoms with van der Waals surface area (Å²) in [5.41, 5.74) is 0.279. The number of benzene rings is 1. The molecule has 0 unspecified atom stereocenters. The van der Waals surface area contributed by atoms with E-state index in [1.807, 2.05) is 24.3 Å². The Bertz CT molecular complexity index is 406. The van der Waals surface area contributed by atoms with E-state index in [0.717, 1.165) is 48.6 Å². The van der Waals surface area contributed by atoms with Gasteiger partial charge in [-0.05, 0) is 30.5 Å². The van der Waals surface area contributed by atoms with Gasteiger partial charge in [-0.3, -0.25) is 4.79 Å². The van der Waals surface area contributed by atoms with E-state index in [-0.39, 0.29) is 0 Å². The number of carboxylic acids is 1. The van der Waals surface area contributed by atoms with E-state index in [2.05, 4.69) is 15.9 Å². The molecular weight excluding hydrogens is 280 g/mol. The molecule has 1 saturated carbocycles. The first kappa shape index (κ1) is 12.6. The van der Waals surface area contributed by atoms with Gasteiger partial charge in [0.05, 0.1) is 5.41 Å². The first-order valence-electron chi connectivity index (χ1n) is 6.15. The minimum absolute atomic E-state index is 0.666. The zero-order valence-electron chi connectivity index (χ0n) is 9.79. The lowest BCUT2D eigenvalue weighted by Crippen LogP contribution is -2.35. The van der Waals surface area contributed by atoms with E-state index in [0.29, 0.717) is 0 Å². The van der Waals surface area contributed by atoms with Gasteiger partial charge in [0.1, 0.15) is 0 Å². The smallest absolute Gasteiger partial charge is 0.314 e. The van der Waals surface area contributed by atoms with Gasteiger partial charge in [-0.1, -0.05) is 53.7 Å². The molecule has 1 aromatic rings. The summed E-state index contributed by atoms with van der Waals surface area (Å²) >= 11 is 3.43. The molecule has 0 amide bonds. The molecule has 1 N–H and O–H groups in total. The quantitative estimate of drug-likeness (QED) is 0.833. The molecule has 0 aromatic heterocycles. The van der Waals surface area contributed by atoms with Gasteiger partial charge in [-0.2, -0.15) is 0 Å². The van der Waals surface area contributed by atoms with Crippen LogP contribution in [0.2, 0.25) is 0 Å². The maximum Gasteiger partial charge on any atom is 0.314 e. The molecule has 0 spiro atoms. The Morgan fingerprint density at radius 2 is 1.82 bits per heavy atom.